The Morgan fingerprint density at radius 3 is 2.32 bits per heavy atom. The van der Waals surface area contributed by atoms with Crippen LogP contribution in [0.5, 0.6) is 0 Å². The predicted molar refractivity (Wildman–Crippen MR) is 104 cm³/mol. The van der Waals surface area contributed by atoms with Crippen molar-refractivity contribution in [2.45, 2.75) is 32.7 Å². The van der Waals surface area contributed by atoms with Gasteiger partial charge in [0.15, 0.2) is 0 Å². The largest absolute Gasteiger partial charge is 0.393 e. The predicted octanol–water partition coefficient (Wildman–Crippen LogP) is 3.49. The zero-order chi connectivity index (χ0) is 21.1. The Morgan fingerprint density at radius 1 is 1.18 bits per heavy atom. The van der Waals surface area contributed by atoms with Crippen molar-refractivity contribution >= 4 is 28.9 Å². The Labute approximate surface area is 161 Å². The fourth-order valence-corrected chi connectivity index (χ4v) is 2.31. The molecule has 0 aliphatic rings. The number of benzene rings is 2. The van der Waals surface area contributed by atoms with Crippen LogP contribution in [0.2, 0.25) is 0 Å². The van der Waals surface area contributed by atoms with Crippen LogP contribution < -0.4 is 16.4 Å². The Morgan fingerprint density at radius 2 is 1.79 bits per heavy atom. The van der Waals surface area contributed by atoms with Crippen molar-refractivity contribution in [3.05, 3.63) is 63.5 Å². The average Bonchev–Trinajstić information content (AvgIpc) is 2.63. The summed E-state index contributed by atoms with van der Waals surface area (Å²) < 4.78 is 13.6. The third-order valence-electron chi connectivity index (χ3n) is 4.31. The molecule has 0 atom stereocenters. The van der Waals surface area contributed by atoms with E-state index in [-0.39, 0.29) is 17.0 Å². The second kappa shape index (κ2) is 8.03. The van der Waals surface area contributed by atoms with Gasteiger partial charge in [-0.1, -0.05) is 6.92 Å². The van der Waals surface area contributed by atoms with Crippen molar-refractivity contribution in [1.29, 1.82) is 0 Å². The molecule has 0 aromatic heterocycles. The van der Waals surface area contributed by atoms with E-state index in [0.29, 0.717) is 17.3 Å². The number of amides is 2. The van der Waals surface area contributed by atoms with Gasteiger partial charge in [0.05, 0.1) is 16.6 Å². The lowest BCUT2D eigenvalue weighted by molar-refractivity contribution is -0.384. The third-order valence-corrected chi connectivity index (χ3v) is 4.31. The maximum Gasteiger partial charge on any atom is 0.295 e. The maximum atomic E-state index is 13.6. The SMILES string of the molecule is CCC(C)(C)NC(=O)c1ccc(NC(=O)c2cc(F)cc([N+](=O)[O-])c2N)cc1. The number of nitrogens with two attached hydrogens (primary N) is 1. The van der Waals surface area contributed by atoms with Crippen molar-refractivity contribution in [2.24, 2.45) is 0 Å². The van der Waals surface area contributed by atoms with Gasteiger partial charge < -0.3 is 16.4 Å². The monoisotopic (exact) mass is 388 g/mol. The highest BCUT2D eigenvalue weighted by atomic mass is 19.1. The first-order valence-corrected chi connectivity index (χ1v) is 8.51. The van der Waals surface area contributed by atoms with Crippen LogP contribution in [0, 0.1) is 15.9 Å². The minimum atomic E-state index is -0.948. The number of nitrogen functional groups attached to an aromatic ring is 1. The molecule has 0 heterocycles. The lowest BCUT2D eigenvalue weighted by Crippen LogP contribution is -2.42. The topological polar surface area (TPSA) is 127 Å². The van der Waals surface area contributed by atoms with Gasteiger partial charge in [0, 0.05) is 16.8 Å². The maximum absolute atomic E-state index is 13.6. The summed E-state index contributed by atoms with van der Waals surface area (Å²) in [6.45, 7) is 5.77. The van der Waals surface area contributed by atoms with E-state index in [1.165, 1.54) is 24.3 Å². The Kier molecular flexibility index (Phi) is 5.97. The van der Waals surface area contributed by atoms with Crippen LogP contribution >= 0.6 is 0 Å². The molecule has 0 aliphatic heterocycles. The number of rotatable bonds is 6. The van der Waals surface area contributed by atoms with Crippen molar-refractivity contribution in [1.82, 2.24) is 5.32 Å². The summed E-state index contributed by atoms with van der Waals surface area (Å²) in [4.78, 5) is 34.6. The number of carbonyl (C=O) groups is 2. The molecule has 4 N–H and O–H groups in total. The van der Waals surface area contributed by atoms with Crippen LogP contribution in [0.15, 0.2) is 36.4 Å². The molecule has 2 rings (SSSR count). The number of halogens is 1. The number of hydrogen-bond acceptors (Lipinski definition) is 5. The molecule has 2 aromatic rings. The third kappa shape index (κ3) is 4.81. The van der Waals surface area contributed by atoms with E-state index in [1.54, 1.807) is 0 Å². The summed E-state index contributed by atoms with van der Waals surface area (Å²) in [6.07, 6.45) is 0.758. The first kappa shape index (κ1) is 20.8. The second-order valence-corrected chi connectivity index (χ2v) is 6.87. The van der Waals surface area contributed by atoms with Gasteiger partial charge in [0.1, 0.15) is 11.5 Å². The molecule has 0 radical (unpaired) electrons. The Bertz CT molecular complexity index is 926. The number of hydrogen-bond donors (Lipinski definition) is 3. The second-order valence-electron chi connectivity index (χ2n) is 6.87. The molecule has 0 spiro atoms. The molecule has 2 aromatic carbocycles. The molecule has 8 nitrogen and oxygen atoms in total. The minimum absolute atomic E-state index is 0.255. The molecule has 0 unspecified atom stereocenters. The lowest BCUT2D eigenvalue weighted by atomic mass is 10.0. The molecule has 0 saturated carbocycles. The van der Waals surface area contributed by atoms with Crippen LogP contribution in [0.1, 0.15) is 47.9 Å². The number of anilines is 2. The molecule has 148 valence electrons. The summed E-state index contributed by atoms with van der Waals surface area (Å²) >= 11 is 0. The van der Waals surface area contributed by atoms with Crippen molar-refractivity contribution in [2.75, 3.05) is 11.1 Å². The molecule has 2 amide bonds. The highest BCUT2D eigenvalue weighted by Crippen LogP contribution is 2.27. The zero-order valence-electron chi connectivity index (χ0n) is 15.7. The van der Waals surface area contributed by atoms with Gasteiger partial charge in [-0.15, -0.1) is 0 Å². The molecular weight excluding hydrogens is 367 g/mol. The number of nitrogens with one attached hydrogen (secondary N) is 2. The van der Waals surface area contributed by atoms with Gasteiger partial charge in [-0.2, -0.15) is 0 Å². The van der Waals surface area contributed by atoms with E-state index >= 15 is 0 Å². The van der Waals surface area contributed by atoms with Gasteiger partial charge >= 0.3 is 0 Å². The zero-order valence-corrected chi connectivity index (χ0v) is 15.7. The summed E-state index contributed by atoms with van der Waals surface area (Å²) in [5.41, 5.74) is 4.53. The van der Waals surface area contributed by atoms with E-state index in [0.717, 1.165) is 12.5 Å². The minimum Gasteiger partial charge on any atom is -0.393 e. The highest BCUT2D eigenvalue weighted by molar-refractivity contribution is 6.09. The molecule has 9 heteroatoms. The Hall–Kier alpha value is -3.49. The summed E-state index contributed by atoms with van der Waals surface area (Å²) in [5, 5.41) is 16.3. The number of carbonyl (C=O) groups excluding carboxylic acids is 2. The first-order chi connectivity index (χ1) is 13.0. The fourth-order valence-electron chi connectivity index (χ4n) is 2.31. The number of nitrogens with zero attached hydrogens (tertiary/aromatic N) is 1. The van der Waals surface area contributed by atoms with Crippen molar-refractivity contribution < 1.29 is 18.9 Å². The molecule has 0 fully saturated rings. The first-order valence-electron chi connectivity index (χ1n) is 8.51. The molecule has 0 aliphatic carbocycles. The quantitative estimate of drug-likeness (QED) is 0.396. The van der Waals surface area contributed by atoms with Gasteiger partial charge in [-0.05, 0) is 50.6 Å². The number of nitro groups is 1. The molecule has 28 heavy (non-hydrogen) atoms. The molecule has 0 saturated heterocycles. The van der Waals surface area contributed by atoms with Crippen LogP contribution in [0.4, 0.5) is 21.5 Å². The van der Waals surface area contributed by atoms with Crippen molar-refractivity contribution in [3.8, 4) is 0 Å². The lowest BCUT2D eigenvalue weighted by Gasteiger charge is -2.24. The summed E-state index contributed by atoms with van der Waals surface area (Å²) in [5.74, 6) is -2.00. The molecule has 0 bridgehead atoms. The number of nitro benzene ring substituents is 1. The standard InChI is InChI=1S/C19H21FN4O4/c1-4-19(2,3)23-17(25)11-5-7-13(8-6-11)22-18(26)14-9-12(20)10-15(16(14)21)24(27)28/h5-10H,4,21H2,1-3H3,(H,22,26)(H,23,25). The van der Waals surface area contributed by atoms with E-state index < -0.39 is 28.0 Å². The van der Waals surface area contributed by atoms with E-state index in [4.69, 9.17) is 5.73 Å². The van der Waals surface area contributed by atoms with E-state index in [9.17, 15) is 24.1 Å². The van der Waals surface area contributed by atoms with Crippen LogP contribution in [-0.2, 0) is 0 Å². The van der Waals surface area contributed by atoms with Gasteiger partial charge in [-0.3, -0.25) is 19.7 Å². The Balaban J connectivity index is 2.18. The molecular formula is C19H21FN4O4. The highest BCUT2D eigenvalue weighted by Gasteiger charge is 2.22. The fraction of sp³-hybridized carbons (Fsp3) is 0.263. The average molecular weight is 388 g/mol. The summed E-state index contributed by atoms with van der Waals surface area (Å²) in [7, 11) is 0. The summed E-state index contributed by atoms with van der Waals surface area (Å²) in [6, 6.07) is 7.51. The van der Waals surface area contributed by atoms with Gasteiger partial charge in [0.25, 0.3) is 17.5 Å². The van der Waals surface area contributed by atoms with Crippen LogP contribution in [-0.4, -0.2) is 22.3 Å². The normalized spacial score (nSPS) is 11.0. The van der Waals surface area contributed by atoms with Crippen LogP contribution in [0.25, 0.3) is 0 Å². The van der Waals surface area contributed by atoms with Crippen LogP contribution in [0.3, 0.4) is 0 Å². The van der Waals surface area contributed by atoms with E-state index in [1.807, 2.05) is 20.8 Å². The van der Waals surface area contributed by atoms with E-state index in [2.05, 4.69) is 10.6 Å². The van der Waals surface area contributed by atoms with Gasteiger partial charge in [0.2, 0.25) is 0 Å². The van der Waals surface area contributed by atoms with Crippen molar-refractivity contribution in [3.63, 3.8) is 0 Å². The smallest absolute Gasteiger partial charge is 0.295 e. The van der Waals surface area contributed by atoms with Gasteiger partial charge in [-0.25, -0.2) is 4.39 Å².